The largest absolute Gasteiger partial charge is 0.618 e. The van der Waals surface area contributed by atoms with Gasteiger partial charge in [0.05, 0.1) is 16.6 Å². The molecule has 1 N–H and O–H groups in total. The van der Waals surface area contributed by atoms with E-state index >= 15 is 0 Å². The van der Waals surface area contributed by atoms with Crippen molar-refractivity contribution in [1.29, 1.82) is 0 Å². The monoisotopic (exact) mass is 332 g/mol. The average Bonchev–Trinajstić information content (AvgIpc) is 3.12. The maximum Gasteiger partial charge on any atom is 0.431 e. The van der Waals surface area contributed by atoms with E-state index in [2.05, 4.69) is 0 Å². The number of hydroxylamine groups is 2. The highest BCUT2D eigenvalue weighted by molar-refractivity contribution is 7.13. The van der Waals surface area contributed by atoms with Gasteiger partial charge in [-0.1, -0.05) is 12.1 Å². The maximum atomic E-state index is 12.7. The standard InChI is InChI=1S/C15H14N3O4S/c1-10-14(13-7-4-8-23-13)17(20)15(2,16(10)19)11-5-3-6-12(9-11)18(21)22/h3-9,20H,1-2H3/q+1/t15-/m1/s1. The highest BCUT2D eigenvalue weighted by Crippen LogP contribution is 2.33. The van der Waals surface area contributed by atoms with Gasteiger partial charge < -0.3 is 5.21 Å². The van der Waals surface area contributed by atoms with Gasteiger partial charge in [0.1, 0.15) is 10.4 Å². The number of thiophene rings is 1. The van der Waals surface area contributed by atoms with Crippen LogP contribution in [0.25, 0.3) is 0 Å². The molecule has 2 aromatic rings. The van der Waals surface area contributed by atoms with E-state index in [4.69, 9.17) is 0 Å². The Balaban J connectivity index is 2.22. The third-order valence-electron chi connectivity index (χ3n) is 4.03. The minimum Gasteiger partial charge on any atom is -0.618 e. The Labute approximate surface area is 135 Å². The first-order chi connectivity index (χ1) is 10.9. The van der Waals surface area contributed by atoms with Crippen molar-refractivity contribution in [2.45, 2.75) is 19.5 Å². The van der Waals surface area contributed by atoms with E-state index in [1.54, 1.807) is 19.1 Å². The summed E-state index contributed by atoms with van der Waals surface area (Å²) in [6.07, 6.45) is 0. The van der Waals surface area contributed by atoms with Crippen LogP contribution in [0.1, 0.15) is 24.3 Å². The molecule has 0 radical (unpaired) electrons. The van der Waals surface area contributed by atoms with Crippen LogP contribution in [0.3, 0.4) is 0 Å². The molecule has 0 fully saturated rings. The lowest BCUT2D eigenvalue weighted by molar-refractivity contribution is -0.929. The highest BCUT2D eigenvalue weighted by Gasteiger charge is 2.59. The molecule has 0 amide bonds. The van der Waals surface area contributed by atoms with Crippen LogP contribution in [0, 0.1) is 15.3 Å². The molecule has 1 aromatic carbocycles. The lowest BCUT2D eigenvalue weighted by Crippen LogP contribution is -2.40. The minimum absolute atomic E-state index is 0.132. The lowest BCUT2D eigenvalue weighted by atomic mass is 10.0. The molecule has 23 heavy (non-hydrogen) atoms. The van der Waals surface area contributed by atoms with Crippen molar-refractivity contribution in [2.24, 2.45) is 0 Å². The van der Waals surface area contributed by atoms with Crippen molar-refractivity contribution in [1.82, 2.24) is 0 Å². The van der Waals surface area contributed by atoms with E-state index in [9.17, 15) is 20.5 Å². The molecule has 3 rings (SSSR count). The summed E-state index contributed by atoms with van der Waals surface area (Å²) in [5, 5.41) is 36.2. The first kappa shape index (κ1) is 15.2. The van der Waals surface area contributed by atoms with E-state index in [0.29, 0.717) is 21.7 Å². The van der Waals surface area contributed by atoms with Gasteiger partial charge in [0, 0.05) is 19.1 Å². The van der Waals surface area contributed by atoms with Gasteiger partial charge >= 0.3 is 11.4 Å². The molecule has 1 aromatic heterocycles. The number of rotatable bonds is 3. The zero-order valence-corrected chi connectivity index (χ0v) is 13.3. The number of hydrogen-bond acceptors (Lipinski definition) is 5. The summed E-state index contributed by atoms with van der Waals surface area (Å²) in [6, 6.07) is 9.37. The molecule has 0 saturated heterocycles. The molecule has 0 spiro atoms. The SMILES string of the molecule is CC1=[N+]([O-])[C@@](C)(c2cccc([N+](=O)[O-])c2)[N+](O)=C1c1cccs1. The van der Waals surface area contributed by atoms with Gasteiger partial charge in [-0.05, 0) is 17.5 Å². The van der Waals surface area contributed by atoms with E-state index in [0.717, 1.165) is 9.62 Å². The predicted molar refractivity (Wildman–Crippen MR) is 85.2 cm³/mol. The fraction of sp³-hybridized carbons (Fsp3) is 0.200. The van der Waals surface area contributed by atoms with Gasteiger partial charge in [-0.3, -0.25) is 15.3 Å². The smallest absolute Gasteiger partial charge is 0.431 e. The fourth-order valence-electron chi connectivity index (χ4n) is 2.73. The van der Waals surface area contributed by atoms with Crippen molar-refractivity contribution in [2.75, 3.05) is 0 Å². The molecule has 8 heteroatoms. The second kappa shape index (κ2) is 5.17. The van der Waals surface area contributed by atoms with E-state index in [1.165, 1.54) is 36.5 Å². The Morgan fingerprint density at radius 2 is 2.04 bits per heavy atom. The molecule has 1 aliphatic rings. The molecular weight excluding hydrogens is 318 g/mol. The fourth-order valence-corrected chi connectivity index (χ4v) is 3.54. The molecular formula is C15H14N3O4S+. The van der Waals surface area contributed by atoms with Gasteiger partial charge in [0.15, 0.2) is 0 Å². The number of non-ortho nitro benzene ring substituents is 1. The molecule has 118 valence electrons. The van der Waals surface area contributed by atoms with Crippen molar-refractivity contribution < 1.29 is 19.6 Å². The van der Waals surface area contributed by atoms with Gasteiger partial charge in [0.25, 0.3) is 11.4 Å². The van der Waals surface area contributed by atoms with Crippen molar-refractivity contribution >= 4 is 28.4 Å². The van der Waals surface area contributed by atoms with Crippen LogP contribution in [0.5, 0.6) is 0 Å². The van der Waals surface area contributed by atoms with Crippen LogP contribution in [-0.4, -0.2) is 31.0 Å². The Morgan fingerprint density at radius 3 is 2.65 bits per heavy atom. The third-order valence-corrected chi connectivity index (χ3v) is 4.90. The normalized spacial score (nSPS) is 21.1. The number of nitro groups is 1. The van der Waals surface area contributed by atoms with Crippen LogP contribution in [0.2, 0.25) is 0 Å². The Morgan fingerprint density at radius 1 is 1.30 bits per heavy atom. The first-order valence-electron chi connectivity index (χ1n) is 6.83. The Bertz CT molecular complexity index is 857. The van der Waals surface area contributed by atoms with Crippen LogP contribution in [0.4, 0.5) is 5.69 Å². The van der Waals surface area contributed by atoms with Crippen LogP contribution in [0.15, 0.2) is 41.8 Å². The molecule has 7 nitrogen and oxygen atoms in total. The quantitative estimate of drug-likeness (QED) is 0.307. The summed E-state index contributed by atoms with van der Waals surface area (Å²) in [6.45, 7) is 3.15. The number of hydrogen-bond donors (Lipinski definition) is 1. The average molecular weight is 332 g/mol. The topological polar surface area (TPSA) is 92.5 Å². The van der Waals surface area contributed by atoms with E-state index in [1.807, 2.05) is 11.4 Å². The number of benzene rings is 1. The summed E-state index contributed by atoms with van der Waals surface area (Å²) in [7, 11) is 0. The van der Waals surface area contributed by atoms with Gasteiger partial charge in [-0.2, -0.15) is 0 Å². The van der Waals surface area contributed by atoms with Crippen molar-refractivity contribution in [3.8, 4) is 0 Å². The molecule has 1 atom stereocenters. The number of nitro benzene ring substituents is 1. The van der Waals surface area contributed by atoms with Crippen molar-refractivity contribution in [3.63, 3.8) is 0 Å². The van der Waals surface area contributed by atoms with Gasteiger partial charge in [0.2, 0.25) is 0 Å². The molecule has 0 unspecified atom stereocenters. The van der Waals surface area contributed by atoms with Crippen LogP contribution >= 0.6 is 11.3 Å². The maximum absolute atomic E-state index is 12.7. The second-order valence-electron chi connectivity index (χ2n) is 5.35. The Kier molecular flexibility index (Phi) is 3.41. The van der Waals surface area contributed by atoms with Crippen LogP contribution < -0.4 is 0 Å². The first-order valence-corrected chi connectivity index (χ1v) is 7.71. The molecule has 2 heterocycles. The van der Waals surface area contributed by atoms with Crippen LogP contribution in [-0.2, 0) is 5.66 Å². The summed E-state index contributed by atoms with van der Waals surface area (Å²) < 4.78 is 1.57. The number of nitrogens with zero attached hydrogens (tertiary/aromatic N) is 3. The summed E-state index contributed by atoms with van der Waals surface area (Å²) in [5.74, 6) is 0. The summed E-state index contributed by atoms with van der Waals surface area (Å²) >= 11 is 1.40. The Hall–Kier alpha value is -2.74. The second-order valence-corrected chi connectivity index (χ2v) is 6.29. The van der Waals surface area contributed by atoms with Gasteiger partial charge in [-0.15, -0.1) is 16.1 Å². The lowest BCUT2D eigenvalue weighted by Gasteiger charge is -2.17. The van der Waals surface area contributed by atoms with E-state index < -0.39 is 10.6 Å². The van der Waals surface area contributed by atoms with Gasteiger partial charge in [-0.25, -0.2) is 0 Å². The minimum atomic E-state index is -1.46. The third kappa shape index (κ3) is 2.10. The summed E-state index contributed by atoms with van der Waals surface area (Å²) in [5.41, 5.74) is -0.495. The molecule has 1 aliphatic heterocycles. The zero-order chi connectivity index (χ0) is 16.8. The highest BCUT2D eigenvalue weighted by atomic mass is 32.1. The molecule has 0 bridgehead atoms. The summed E-state index contributed by atoms with van der Waals surface area (Å²) in [4.78, 5) is 11.2. The zero-order valence-electron chi connectivity index (χ0n) is 12.5. The molecule has 0 aliphatic carbocycles. The van der Waals surface area contributed by atoms with E-state index in [-0.39, 0.29) is 5.69 Å². The van der Waals surface area contributed by atoms with Crippen molar-refractivity contribution in [3.05, 3.63) is 67.5 Å². The molecule has 0 saturated carbocycles. The predicted octanol–water partition coefficient (Wildman–Crippen LogP) is 2.70.